The first-order valence-electron chi connectivity index (χ1n) is 5.81. The molecule has 0 aliphatic carbocycles. The Kier molecular flexibility index (Phi) is 3.93. The summed E-state index contributed by atoms with van der Waals surface area (Å²) in [6, 6.07) is 8.92. The average molecular weight is 296 g/mol. The largest absolute Gasteiger partial charge is 0.326 e. The van der Waals surface area contributed by atoms with Gasteiger partial charge in [-0.1, -0.05) is 17.7 Å². The minimum atomic E-state index is -3.52. The zero-order valence-corrected chi connectivity index (χ0v) is 12.4. The fraction of sp³-hybridized carbons (Fsp3) is 0.231. The lowest BCUT2D eigenvalue weighted by Gasteiger charge is -2.09. The average Bonchev–Trinajstić information content (AvgIpc) is 2.82. The molecular formula is C13H16N2O2S2. The number of anilines is 1. The van der Waals surface area contributed by atoms with Gasteiger partial charge in [0.15, 0.2) is 0 Å². The summed E-state index contributed by atoms with van der Waals surface area (Å²) in [7, 11) is -3.52. The minimum Gasteiger partial charge on any atom is -0.326 e. The first-order chi connectivity index (χ1) is 8.92. The highest BCUT2D eigenvalue weighted by molar-refractivity contribution is 7.94. The maximum absolute atomic E-state index is 12.2. The van der Waals surface area contributed by atoms with E-state index in [1.807, 2.05) is 26.0 Å². The summed E-state index contributed by atoms with van der Waals surface area (Å²) in [4.78, 5) is 0.848. The predicted octanol–water partition coefficient (Wildman–Crippen LogP) is 2.62. The van der Waals surface area contributed by atoms with E-state index in [9.17, 15) is 8.42 Å². The van der Waals surface area contributed by atoms with E-state index in [1.54, 1.807) is 18.2 Å². The van der Waals surface area contributed by atoms with Gasteiger partial charge in [0.1, 0.15) is 4.21 Å². The van der Waals surface area contributed by atoms with E-state index in [4.69, 9.17) is 5.73 Å². The van der Waals surface area contributed by atoms with Crippen LogP contribution < -0.4 is 10.5 Å². The van der Waals surface area contributed by atoms with E-state index >= 15 is 0 Å². The van der Waals surface area contributed by atoms with Gasteiger partial charge in [0.2, 0.25) is 0 Å². The van der Waals surface area contributed by atoms with Crippen LogP contribution >= 0.6 is 11.3 Å². The fourth-order valence-electron chi connectivity index (χ4n) is 1.74. The van der Waals surface area contributed by atoms with Crippen LogP contribution in [0, 0.1) is 13.8 Å². The third-order valence-corrected chi connectivity index (χ3v) is 5.69. The molecule has 0 spiro atoms. The van der Waals surface area contributed by atoms with Crippen LogP contribution in [0.1, 0.15) is 16.0 Å². The molecule has 1 heterocycles. The lowest BCUT2D eigenvalue weighted by atomic mass is 10.1. The number of sulfonamides is 1. The van der Waals surface area contributed by atoms with Gasteiger partial charge in [-0.15, -0.1) is 11.3 Å². The first kappa shape index (κ1) is 14.0. The van der Waals surface area contributed by atoms with Gasteiger partial charge in [-0.25, -0.2) is 8.42 Å². The molecule has 19 heavy (non-hydrogen) atoms. The second-order valence-corrected chi connectivity index (χ2v) is 7.43. The van der Waals surface area contributed by atoms with Crippen LogP contribution in [0.5, 0.6) is 0 Å². The Morgan fingerprint density at radius 1 is 1.21 bits per heavy atom. The van der Waals surface area contributed by atoms with Gasteiger partial charge in [-0.05, 0) is 37.6 Å². The summed E-state index contributed by atoms with van der Waals surface area (Å²) in [5.74, 6) is 0. The Bertz CT molecular complexity index is 690. The number of nitrogens with two attached hydrogens (primary N) is 1. The highest BCUT2D eigenvalue weighted by Gasteiger charge is 2.17. The second kappa shape index (κ2) is 5.32. The van der Waals surface area contributed by atoms with Crippen molar-refractivity contribution in [2.75, 3.05) is 4.72 Å². The predicted molar refractivity (Wildman–Crippen MR) is 78.9 cm³/mol. The summed E-state index contributed by atoms with van der Waals surface area (Å²) >= 11 is 1.19. The molecule has 3 N–H and O–H groups in total. The molecule has 4 nitrogen and oxygen atoms in total. The number of nitrogens with one attached hydrogen (secondary N) is 1. The molecule has 2 rings (SSSR count). The van der Waals surface area contributed by atoms with Gasteiger partial charge in [0.05, 0.1) is 5.69 Å². The highest BCUT2D eigenvalue weighted by Crippen LogP contribution is 2.25. The molecule has 0 saturated heterocycles. The molecule has 0 amide bonds. The van der Waals surface area contributed by atoms with Crippen LogP contribution in [-0.2, 0) is 16.6 Å². The molecule has 0 aliphatic heterocycles. The van der Waals surface area contributed by atoms with E-state index in [0.717, 1.165) is 16.0 Å². The van der Waals surface area contributed by atoms with Gasteiger partial charge >= 0.3 is 0 Å². The Morgan fingerprint density at radius 3 is 2.53 bits per heavy atom. The van der Waals surface area contributed by atoms with Crippen LogP contribution in [0.15, 0.2) is 34.5 Å². The van der Waals surface area contributed by atoms with Gasteiger partial charge < -0.3 is 5.73 Å². The Balaban J connectivity index is 2.30. The summed E-state index contributed by atoms with van der Waals surface area (Å²) in [6.45, 7) is 4.20. The van der Waals surface area contributed by atoms with E-state index in [0.29, 0.717) is 12.2 Å². The monoisotopic (exact) mass is 296 g/mol. The van der Waals surface area contributed by atoms with Crippen molar-refractivity contribution in [1.29, 1.82) is 0 Å². The standard InChI is InChI=1S/C13H16N2O2S2/c1-9-3-5-12(10(2)7-9)15-19(16,17)13-6-4-11(8-14)18-13/h3-7,15H,8,14H2,1-2H3. The molecule has 0 radical (unpaired) electrons. The first-order valence-corrected chi connectivity index (χ1v) is 8.11. The smallest absolute Gasteiger partial charge is 0.271 e. The number of hydrogen-bond donors (Lipinski definition) is 2. The van der Waals surface area contributed by atoms with E-state index in [2.05, 4.69) is 4.72 Å². The van der Waals surface area contributed by atoms with Crippen molar-refractivity contribution in [3.63, 3.8) is 0 Å². The molecule has 0 aliphatic rings. The third-order valence-electron chi connectivity index (χ3n) is 2.73. The maximum atomic E-state index is 12.2. The lowest BCUT2D eigenvalue weighted by Crippen LogP contribution is -2.12. The Labute approximate surface area is 117 Å². The van der Waals surface area contributed by atoms with Crippen molar-refractivity contribution in [3.8, 4) is 0 Å². The molecule has 0 bridgehead atoms. The van der Waals surface area contributed by atoms with E-state index in [1.165, 1.54) is 11.3 Å². The minimum absolute atomic E-state index is 0.285. The van der Waals surface area contributed by atoms with Gasteiger partial charge in [0.25, 0.3) is 10.0 Å². The number of aryl methyl sites for hydroxylation is 2. The number of rotatable bonds is 4. The molecule has 0 atom stereocenters. The van der Waals surface area contributed by atoms with Crippen molar-refractivity contribution in [2.24, 2.45) is 5.73 Å². The van der Waals surface area contributed by atoms with Crippen LogP contribution in [0.25, 0.3) is 0 Å². The lowest BCUT2D eigenvalue weighted by molar-refractivity contribution is 0.603. The maximum Gasteiger partial charge on any atom is 0.271 e. The molecule has 0 fully saturated rings. The van der Waals surface area contributed by atoms with Crippen molar-refractivity contribution in [1.82, 2.24) is 0 Å². The van der Waals surface area contributed by atoms with Crippen molar-refractivity contribution >= 4 is 27.0 Å². The summed E-state index contributed by atoms with van der Waals surface area (Å²) < 4.78 is 27.3. The van der Waals surface area contributed by atoms with Crippen molar-refractivity contribution in [3.05, 3.63) is 46.3 Å². The van der Waals surface area contributed by atoms with Gasteiger partial charge in [-0.2, -0.15) is 0 Å². The fourth-order valence-corrected chi connectivity index (χ4v) is 4.10. The van der Waals surface area contributed by atoms with Crippen LogP contribution in [0.2, 0.25) is 0 Å². The number of benzene rings is 1. The van der Waals surface area contributed by atoms with Crippen molar-refractivity contribution in [2.45, 2.75) is 24.6 Å². The molecule has 102 valence electrons. The van der Waals surface area contributed by atoms with Crippen LogP contribution in [-0.4, -0.2) is 8.42 Å². The summed E-state index contributed by atoms with van der Waals surface area (Å²) in [5, 5.41) is 0. The van der Waals surface area contributed by atoms with Crippen LogP contribution in [0.4, 0.5) is 5.69 Å². The third kappa shape index (κ3) is 3.15. The van der Waals surface area contributed by atoms with Crippen molar-refractivity contribution < 1.29 is 8.42 Å². The molecule has 0 unspecified atom stereocenters. The quantitative estimate of drug-likeness (QED) is 0.911. The second-order valence-electron chi connectivity index (χ2n) is 4.35. The zero-order valence-electron chi connectivity index (χ0n) is 10.8. The Hall–Kier alpha value is -1.37. The Morgan fingerprint density at radius 2 is 1.95 bits per heavy atom. The molecule has 2 aromatic rings. The van der Waals surface area contributed by atoms with Crippen LogP contribution in [0.3, 0.4) is 0 Å². The highest BCUT2D eigenvalue weighted by atomic mass is 32.2. The molecule has 1 aromatic heterocycles. The number of hydrogen-bond acceptors (Lipinski definition) is 4. The summed E-state index contributed by atoms with van der Waals surface area (Å²) in [5.41, 5.74) is 8.10. The SMILES string of the molecule is Cc1ccc(NS(=O)(=O)c2ccc(CN)s2)c(C)c1. The zero-order chi connectivity index (χ0) is 14.0. The van der Waals surface area contributed by atoms with E-state index in [-0.39, 0.29) is 4.21 Å². The topological polar surface area (TPSA) is 72.2 Å². The number of thiophene rings is 1. The summed E-state index contributed by atoms with van der Waals surface area (Å²) in [6.07, 6.45) is 0. The van der Waals surface area contributed by atoms with Gasteiger partial charge in [-0.3, -0.25) is 4.72 Å². The molecule has 0 saturated carbocycles. The van der Waals surface area contributed by atoms with Gasteiger partial charge in [0, 0.05) is 11.4 Å². The molecular weight excluding hydrogens is 280 g/mol. The van der Waals surface area contributed by atoms with E-state index < -0.39 is 10.0 Å². The molecule has 6 heteroatoms. The molecule has 1 aromatic carbocycles. The normalized spacial score (nSPS) is 11.5.